The molecule has 1 aliphatic heterocycles. The van der Waals surface area contributed by atoms with Crippen LogP contribution in [0.3, 0.4) is 0 Å². The molecule has 6 nitrogen and oxygen atoms in total. The molecule has 0 radical (unpaired) electrons. The first-order chi connectivity index (χ1) is 12.0. The van der Waals surface area contributed by atoms with Gasteiger partial charge in [0.25, 0.3) is 5.91 Å². The highest BCUT2D eigenvalue weighted by Crippen LogP contribution is 2.18. The molecule has 25 heavy (non-hydrogen) atoms. The zero-order valence-electron chi connectivity index (χ0n) is 12.9. The van der Waals surface area contributed by atoms with Crippen molar-refractivity contribution in [1.82, 2.24) is 10.2 Å². The summed E-state index contributed by atoms with van der Waals surface area (Å²) in [5.41, 5.74) is 0.791. The number of aromatic carboxylic acids is 1. The van der Waals surface area contributed by atoms with Crippen molar-refractivity contribution in [3.05, 3.63) is 76.7 Å². The first-order valence-electron chi connectivity index (χ1n) is 7.35. The summed E-state index contributed by atoms with van der Waals surface area (Å²) >= 11 is 0. The number of hydrogen-bond donors (Lipinski definition) is 1. The minimum Gasteiger partial charge on any atom is -0.545 e. The average Bonchev–Trinajstić information content (AvgIpc) is 2.85. The first-order valence-corrected chi connectivity index (χ1v) is 7.35. The van der Waals surface area contributed by atoms with E-state index in [-0.39, 0.29) is 23.4 Å². The molecule has 2 aromatic carbocycles. The minimum atomic E-state index is -1.31. The maximum Gasteiger partial charge on any atom is 0.329 e. The van der Waals surface area contributed by atoms with Crippen molar-refractivity contribution in [2.45, 2.75) is 6.54 Å². The molecule has 0 bridgehead atoms. The van der Waals surface area contributed by atoms with E-state index < -0.39 is 23.7 Å². The largest absolute Gasteiger partial charge is 0.545 e. The number of benzene rings is 2. The Balaban J connectivity index is 1.81. The number of urea groups is 1. The quantitative estimate of drug-likeness (QED) is 0.671. The van der Waals surface area contributed by atoms with Crippen LogP contribution in [0.25, 0.3) is 6.08 Å². The van der Waals surface area contributed by atoms with Gasteiger partial charge in [0.2, 0.25) is 0 Å². The van der Waals surface area contributed by atoms with E-state index in [4.69, 9.17) is 0 Å². The van der Waals surface area contributed by atoms with Crippen LogP contribution in [0.4, 0.5) is 9.18 Å². The van der Waals surface area contributed by atoms with Gasteiger partial charge in [-0.05, 0) is 23.3 Å². The van der Waals surface area contributed by atoms with Gasteiger partial charge in [0.15, 0.2) is 0 Å². The van der Waals surface area contributed by atoms with Crippen LogP contribution in [0.15, 0.2) is 54.2 Å². The van der Waals surface area contributed by atoms with Gasteiger partial charge < -0.3 is 15.2 Å². The third kappa shape index (κ3) is 3.40. The Morgan fingerprint density at radius 2 is 1.80 bits per heavy atom. The fourth-order valence-corrected chi connectivity index (χ4v) is 2.39. The summed E-state index contributed by atoms with van der Waals surface area (Å²) in [6, 6.07) is 10.9. The van der Waals surface area contributed by atoms with E-state index in [1.807, 2.05) is 0 Å². The van der Waals surface area contributed by atoms with Gasteiger partial charge in [-0.25, -0.2) is 9.18 Å². The van der Waals surface area contributed by atoms with Gasteiger partial charge in [0.05, 0.1) is 12.5 Å². The number of imide groups is 1. The van der Waals surface area contributed by atoms with Crippen molar-refractivity contribution >= 4 is 24.0 Å². The second kappa shape index (κ2) is 6.56. The molecule has 126 valence electrons. The second-order valence-corrected chi connectivity index (χ2v) is 5.38. The molecule has 0 aromatic heterocycles. The Bertz CT molecular complexity index is 890. The zero-order valence-corrected chi connectivity index (χ0v) is 12.9. The van der Waals surface area contributed by atoms with Crippen LogP contribution < -0.4 is 10.4 Å². The molecular formula is C18H12FN2O4-. The molecule has 0 unspecified atom stereocenters. The number of carboxylic acids is 1. The maximum atomic E-state index is 13.7. The SMILES string of the molecule is O=C([O-])c1ccc(C=C2NC(=O)N(Cc3ccccc3F)C2=O)cc1. The van der Waals surface area contributed by atoms with Crippen LogP contribution in [0, 0.1) is 5.82 Å². The molecule has 1 heterocycles. The highest BCUT2D eigenvalue weighted by molar-refractivity contribution is 6.13. The Morgan fingerprint density at radius 1 is 1.12 bits per heavy atom. The van der Waals surface area contributed by atoms with Crippen molar-refractivity contribution in [3.8, 4) is 0 Å². The summed E-state index contributed by atoms with van der Waals surface area (Å²) in [4.78, 5) is 36.0. The monoisotopic (exact) mass is 339 g/mol. The van der Waals surface area contributed by atoms with Crippen LogP contribution in [-0.2, 0) is 11.3 Å². The molecule has 3 rings (SSSR count). The zero-order chi connectivity index (χ0) is 18.0. The third-order valence-corrected chi connectivity index (χ3v) is 3.71. The molecule has 3 amide bonds. The standard InChI is InChI=1S/C18H13FN2O4/c19-14-4-2-1-3-13(14)10-21-16(22)15(20-18(21)25)9-11-5-7-12(8-6-11)17(23)24/h1-9H,10H2,(H,20,25)(H,23,24)/p-1. The number of carboxylic acid groups (broad SMARTS) is 1. The van der Waals surface area contributed by atoms with Gasteiger partial charge in [-0.1, -0.05) is 42.5 Å². The molecule has 1 saturated heterocycles. The molecular weight excluding hydrogens is 327 g/mol. The lowest BCUT2D eigenvalue weighted by Gasteiger charge is -2.12. The predicted molar refractivity (Wildman–Crippen MR) is 84.2 cm³/mol. The summed E-state index contributed by atoms with van der Waals surface area (Å²) in [7, 11) is 0. The van der Waals surface area contributed by atoms with Gasteiger partial charge in [-0.3, -0.25) is 9.69 Å². The number of rotatable bonds is 4. The van der Waals surface area contributed by atoms with Crippen LogP contribution in [0.1, 0.15) is 21.5 Å². The van der Waals surface area contributed by atoms with Crippen molar-refractivity contribution in [1.29, 1.82) is 0 Å². The topological polar surface area (TPSA) is 89.5 Å². The number of halogens is 1. The van der Waals surface area contributed by atoms with Crippen LogP contribution in [-0.4, -0.2) is 22.8 Å². The highest BCUT2D eigenvalue weighted by Gasteiger charge is 2.33. The van der Waals surface area contributed by atoms with Crippen LogP contribution in [0.5, 0.6) is 0 Å². The number of carbonyl (C=O) groups excluding carboxylic acids is 3. The van der Waals surface area contributed by atoms with Crippen molar-refractivity contribution in [3.63, 3.8) is 0 Å². The van der Waals surface area contributed by atoms with Gasteiger partial charge in [0.1, 0.15) is 11.5 Å². The van der Waals surface area contributed by atoms with Gasteiger partial charge in [0, 0.05) is 5.56 Å². The van der Waals surface area contributed by atoms with E-state index >= 15 is 0 Å². The summed E-state index contributed by atoms with van der Waals surface area (Å²) in [5, 5.41) is 13.1. The number of hydrogen-bond acceptors (Lipinski definition) is 4. The van der Waals surface area contributed by atoms with E-state index in [0.717, 1.165) is 4.90 Å². The van der Waals surface area contributed by atoms with Crippen LogP contribution >= 0.6 is 0 Å². The fourth-order valence-electron chi connectivity index (χ4n) is 2.39. The lowest BCUT2D eigenvalue weighted by atomic mass is 10.1. The summed E-state index contributed by atoms with van der Waals surface area (Å²) in [5.74, 6) is -2.39. The summed E-state index contributed by atoms with van der Waals surface area (Å²) in [6.45, 7) is -0.182. The average molecular weight is 339 g/mol. The number of amides is 3. The molecule has 0 aliphatic carbocycles. The molecule has 2 aromatic rings. The fraction of sp³-hybridized carbons (Fsp3) is 0.0556. The molecule has 0 saturated carbocycles. The van der Waals surface area contributed by atoms with Crippen molar-refractivity contribution < 1.29 is 23.9 Å². The summed E-state index contributed by atoms with van der Waals surface area (Å²) in [6.07, 6.45) is 1.42. The molecule has 0 atom stereocenters. The third-order valence-electron chi connectivity index (χ3n) is 3.71. The molecule has 1 N–H and O–H groups in total. The number of carbonyl (C=O) groups is 3. The predicted octanol–water partition coefficient (Wildman–Crippen LogP) is 1.28. The van der Waals surface area contributed by atoms with Crippen LogP contribution in [0.2, 0.25) is 0 Å². The normalized spacial score (nSPS) is 15.6. The van der Waals surface area contributed by atoms with Gasteiger partial charge in [-0.15, -0.1) is 0 Å². The molecule has 7 heteroatoms. The Morgan fingerprint density at radius 3 is 2.44 bits per heavy atom. The van der Waals surface area contributed by atoms with E-state index in [0.29, 0.717) is 5.56 Å². The number of nitrogens with one attached hydrogen (secondary N) is 1. The summed E-state index contributed by atoms with van der Waals surface area (Å²) < 4.78 is 13.7. The van der Waals surface area contributed by atoms with Crippen molar-refractivity contribution in [2.24, 2.45) is 0 Å². The molecule has 0 spiro atoms. The molecule has 1 aliphatic rings. The Labute approximate surface area is 142 Å². The van der Waals surface area contributed by atoms with Crippen molar-refractivity contribution in [2.75, 3.05) is 0 Å². The lowest BCUT2D eigenvalue weighted by Crippen LogP contribution is -2.30. The van der Waals surface area contributed by atoms with Gasteiger partial charge >= 0.3 is 6.03 Å². The van der Waals surface area contributed by atoms with E-state index in [9.17, 15) is 23.9 Å². The Kier molecular flexibility index (Phi) is 4.30. The minimum absolute atomic E-state index is 0.00473. The first kappa shape index (κ1) is 16.4. The van der Waals surface area contributed by atoms with Gasteiger partial charge in [-0.2, -0.15) is 0 Å². The smallest absolute Gasteiger partial charge is 0.329 e. The Hall–Kier alpha value is -3.48. The maximum absolute atomic E-state index is 13.7. The lowest BCUT2D eigenvalue weighted by molar-refractivity contribution is -0.255. The van der Waals surface area contributed by atoms with E-state index in [2.05, 4.69) is 5.32 Å². The second-order valence-electron chi connectivity index (χ2n) is 5.38. The number of nitrogens with zero attached hydrogens (tertiary/aromatic N) is 1. The van der Waals surface area contributed by atoms with E-state index in [1.165, 1.54) is 48.5 Å². The highest BCUT2D eigenvalue weighted by atomic mass is 19.1. The van der Waals surface area contributed by atoms with E-state index in [1.54, 1.807) is 6.07 Å². The molecule has 1 fully saturated rings.